The van der Waals surface area contributed by atoms with Gasteiger partial charge in [-0.3, -0.25) is 11.3 Å². The standard InChI is InChI=1S/C21H25N7O3.C16H17N5O.C4H10N2O.CH4/c29-21(25-27-10-14-31-15-11-27)22-17-5-3-16(4-6-17)19-23-20(26-8-12-30-13-9-26)18-2-1-7-28(18)24-19;17-13-5-3-12(4-6-13)15-18-16(20-8-10-22-11-9-20)14-2-1-7-21(14)19-15;5-6-1-3-7-4-2-6;/h1-7H,8-15H2,(H2,22,25,29);1-7H,8-11,17H2;1-5H2;1H4. The molecule has 4 aliphatic rings. The number of nitrogens with one attached hydrogen (secondary N) is 2. The number of aromatic nitrogens is 6. The van der Waals surface area contributed by atoms with Crippen LogP contribution in [0.5, 0.6) is 0 Å². The maximum atomic E-state index is 12.2. The average molecular weight is 837 g/mol. The van der Waals surface area contributed by atoms with Gasteiger partial charge in [0.25, 0.3) is 0 Å². The van der Waals surface area contributed by atoms with Crippen LogP contribution in [0.15, 0.2) is 85.2 Å². The van der Waals surface area contributed by atoms with Gasteiger partial charge in [-0.2, -0.15) is 0 Å². The van der Waals surface area contributed by atoms with Crippen LogP contribution in [0.4, 0.5) is 27.8 Å². The van der Waals surface area contributed by atoms with Gasteiger partial charge in [-0.1, -0.05) is 7.43 Å². The van der Waals surface area contributed by atoms with E-state index >= 15 is 0 Å². The first-order chi connectivity index (χ1) is 29.5. The van der Waals surface area contributed by atoms with Crippen molar-refractivity contribution in [1.29, 1.82) is 0 Å². The van der Waals surface area contributed by atoms with E-state index in [2.05, 4.69) is 30.7 Å². The van der Waals surface area contributed by atoms with Crippen molar-refractivity contribution in [3.8, 4) is 22.8 Å². The lowest BCUT2D eigenvalue weighted by atomic mass is 10.2. The number of urea groups is 1. The maximum absolute atomic E-state index is 12.2. The molecule has 61 heavy (non-hydrogen) atoms. The predicted molar refractivity (Wildman–Crippen MR) is 235 cm³/mol. The van der Waals surface area contributed by atoms with Crippen LogP contribution >= 0.6 is 0 Å². The van der Waals surface area contributed by atoms with Gasteiger partial charge in [0.2, 0.25) is 0 Å². The summed E-state index contributed by atoms with van der Waals surface area (Å²) in [5.74, 6) is 8.58. The van der Waals surface area contributed by atoms with Crippen LogP contribution in [0.3, 0.4) is 0 Å². The van der Waals surface area contributed by atoms with Crippen LogP contribution in [0.1, 0.15) is 7.43 Å². The van der Waals surface area contributed by atoms with Crippen molar-refractivity contribution >= 4 is 40.1 Å². The van der Waals surface area contributed by atoms with Crippen molar-refractivity contribution in [3.63, 3.8) is 0 Å². The van der Waals surface area contributed by atoms with Gasteiger partial charge < -0.3 is 39.8 Å². The monoisotopic (exact) mass is 836 g/mol. The average Bonchev–Trinajstić information content (AvgIpc) is 3.98. The number of nitrogens with zero attached hydrogens (tertiary/aromatic N) is 10. The molecular weight excluding hydrogens is 781 g/mol. The SMILES string of the molecule is C.NN1CCOCC1.Nc1ccc(-c2nc(N3CCOCC3)c3cccn3n2)cc1.O=C(Nc1ccc(-c2nc(N3CCOCC3)c3cccn3n2)cc1)NN1CCOCC1. The number of nitrogen functional groups attached to an aromatic ring is 1. The van der Waals surface area contributed by atoms with E-state index in [1.165, 1.54) is 0 Å². The Morgan fingerprint density at radius 3 is 1.44 bits per heavy atom. The molecule has 2 aromatic carbocycles. The Kier molecular flexibility index (Phi) is 14.9. The summed E-state index contributed by atoms with van der Waals surface area (Å²) < 4.78 is 25.0. The molecule has 0 saturated carbocycles. The Hall–Kier alpha value is -5.93. The van der Waals surface area contributed by atoms with Gasteiger partial charge in [0, 0.05) is 87.3 Å². The predicted octanol–water partition coefficient (Wildman–Crippen LogP) is 3.25. The molecule has 4 fully saturated rings. The molecule has 0 radical (unpaired) electrons. The highest BCUT2D eigenvalue weighted by molar-refractivity contribution is 5.89. The number of morpholine rings is 4. The minimum atomic E-state index is -0.269. The molecule has 10 rings (SSSR count). The van der Waals surface area contributed by atoms with E-state index in [1.54, 1.807) is 5.01 Å². The highest BCUT2D eigenvalue weighted by Crippen LogP contribution is 2.27. The van der Waals surface area contributed by atoms with Crippen molar-refractivity contribution in [2.24, 2.45) is 5.84 Å². The van der Waals surface area contributed by atoms with E-state index in [0.29, 0.717) is 56.9 Å². The van der Waals surface area contributed by atoms with E-state index in [9.17, 15) is 4.79 Å². The van der Waals surface area contributed by atoms with E-state index in [4.69, 9.17) is 40.5 Å². The molecule has 0 unspecified atom stereocenters. The smallest absolute Gasteiger partial charge is 0.333 e. The molecule has 4 aliphatic heterocycles. The minimum Gasteiger partial charge on any atom is -0.399 e. The Bertz CT molecular complexity index is 2280. The second-order valence-electron chi connectivity index (χ2n) is 14.4. The second kappa shape index (κ2) is 21.0. The number of rotatable bonds is 6. The number of benzene rings is 2. The second-order valence-corrected chi connectivity index (χ2v) is 14.4. The third-order valence-corrected chi connectivity index (χ3v) is 10.3. The molecule has 6 N–H and O–H groups in total. The highest BCUT2D eigenvalue weighted by Gasteiger charge is 2.20. The number of hydrazine groups is 2. The van der Waals surface area contributed by atoms with Crippen molar-refractivity contribution in [2.75, 3.05) is 126 Å². The number of hydrogen-bond donors (Lipinski definition) is 4. The molecule has 19 nitrogen and oxygen atoms in total. The molecule has 4 aromatic heterocycles. The number of fused-ring (bicyclic) bond motifs is 2. The molecule has 4 saturated heterocycles. The lowest BCUT2D eigenvalue weighted by Gasteiger charge is -2.28. The van der Waals surface area contributed by atoms with Gasteiger partial charge in [0.1, 0.15) is 11.0 Å². The van der Waals surface area contributed by atoms with E-state index in [0.717, 1.165) is 105 Å². The number of hydrogen-bond acceptors (Lipinski definition) is 15. The molecule has 324 valence electrons. The third-order valence-electron chi connectivity index (χ3n) is 10.3. The van der Waals surface area contributed by atoms with Gasteiger partial charge >= 0.3 is 6.03 Å². The lowest BCUT2D eigenvalue weighted by molar-refractivity contribution is 0.0207. The van der Waals surface area contributed by atoms with Crippen LogP contribution in [0.2, 0.25) is 0 Å². The number of carbonyl (C=O) groups is 1. The minimum absolute atomic E-state index is 0. The van der Waals surface area contributed by atoms with E-state index in [-0.39, 0.29) is 13.5 Å². The molecule has 19 heteroatoms. The molecule has 0 spiro atoms. The number of ether oxygens (including phenoxy) is 4. The van der Waals surface area contributed by atoms with Crippen LogP contribution in [-0.2, 0) is 18.9 Å². The fraction of sp³-hybridized carbons (Fsp3) is 0.405. The normalized spacial score (nSPS) is 17.4. The summed E-state index contributed by atoms with van der Waals surface area (Å²) in [6, 6.07) is 22.9. The molecule has 0 aliphatic carbocycles. The van der Waals surface area contributed by atoms with Gasteiger partial charge in [-0.15, -0.1) is 10.2 Å². The molecule has 0 atom stereocenters. The first kappa shape index (κ1) is 43.2. The van der Waals surface area contributed by atoms with E-state index < -0.39 is 0 Å². The molecule has 6 aromatic rings. The van der Waals surface area contributed by atoms with E-state index in [1.807, 2.05) is 99.2 Å². The van der Waals surface area contributed by atoms with Crippen molar-refractivity contribution in [1.82, 2.24) is 44.6 Å². The first-order valence-electron chi connectivity index (χ1n) is 20.3. The van der Waals surface area contributed by atoms with Crippen LogP contribution in [0.25, 0.3) is 33.8 Å². The number of amides is 2. The third kappa shape index (κ3) is 11.3. The summed E-state index contributed by atoms with van der Waals surface area (Å²) >= 11 is 0. The maximum Gasteiger partial charge on any atom is 0.333 e. The number of anilines is 4. The summed E-state index contributed by atoms with van der Waals surface area (Å²) in [6.07, 6.45) is 3.87. The van der Waals surface area contributed by atoms with Crippen molar-refractivity contribution in [3.05, 3.63) is 85.2 Å². The first-order valence-corrected chi connectivity index (χ1v) is 20.3. The van der Waals surface area contributed by atoms with Crippen molar-refractivity contribution < 1.29 is 23.7 Å². The van der Waals surface area contributed by atoms with Gasteiger partial charge in [-0.05, 0) is 72.8 Å². The molecule has 8 heterocycles. The molecule has 2 amide bonds. The number of nitrogens with two attached hydrogens (primary N) is 2. The van der Waals surface area contributed by atoms with Crippen LogP contribution < -0.4 is 32.1 Å². The molecule has 0 bridgehead atoms. The quantitative estimate of drug-likeness (QED) is 0.141. The molecular formula is C42H56N14O5. The number of carbonyl (C=O) groups excluding carboxylic acids is 1. The summed E-state index contributed by atoms with van der Waals surface area (Å²) in [7, 11) is 0. The van der Waals surface area contributed by atoms with Crippen LogP contribution in [-0.4, -0.2) is 150 Å². The zero-order valence-electron chi connectivity index (χ0n) is 33.6. The summed E-state index contributed by atoms with van der Waals surface area (Å²) in [5.41, 5.74) is 13.9. The fourth-order valence-electron chi connectivity index (χ4n) is 6.99. The van der Waals surface area contributed by atoms with Gasteiger partial charge in [-0.25, -0.2) is 33.8 Å². The fourth-order valence-corrected chi connectivity index (χ4v) is 6.99. The largest absolute Gasteiger partial charge is 0.399 e. The summed E-state index contributed by atoms with van der Waals surface area (Å²) in [6.45, 7) is 12.1. The highest BCUT2D eigenvalue weighted by atomic mass is 16.5. The topological polar surface area (TPSA) is 203 Å². The Morgan fingerprint density at radius 2 is 1.00 bits per heavy atom. The zero-order chi connectivity index (χ0) is 41.1. The Morgan fingerprint density at radius 1 is 0.574 bits per heavy atom. The summed E-state index contributed by atoms with van der Waals surface area (Å²) in [5, 5.41) is 15.7. The van der Waals surface area contributed by atoms with Gasteiger partial charge in [0.05, 0.1) is 52.9 Å². The Labute approximate surface area is 355 Å². The lowest BCUT2D eigenvalue weighted by Crippen LogP contribution is -2.49. The van der Waals surface area contributed by atoms with Gasteiger partial charge in [0.15, 0.2) is 23.3 Å². The summed E-state index contributed by atoms with van der Waals surface area (Å²) in [4.78, 5) is 26.4. The van der Waals surface area contributed by atoms with Crippen LogP contribution in [0, 0.1) is 0 Å². The van der Waals surface area contributed by atoms with Crippen molar-refractivity contribution in [2.45, 2.75) is 7.43 Å². The Balaban J connectivity index is 0.000000162. The zero-order valence-corrected chi connectivity index (χ0v) is 33.6.